The Morgan fingerprint density at radius 3 is 3.11 bits per heavy atom. The van der Waals surface area contributed by atoms with E-state index < -0.39 is 0 Å². The van der Waals surface area contributed by atoms with E-state index in [9.17, 15) is 4.79 Å². The molecule has 0 aromatic heterocycles. The van der Waals surface area contributed by atoms with Crippen molar-refractivity contribution in [2.45, 2.75) is 25.3 Å². The molecule has 2 rings (SSSR count). The summed E-state index contributed by atoms with van der Waals surface area (Å²) in [5.41, 5.74) is 0. The Balaban J connectivity index is 2.15. The van der Waals surface area contributed by atoms with Crippen LogP contribution in [0.15, 0.2) is 0 Å². The Hall–Kier alpha value is -0.370. The number of hydrogen-bond acceptors (Lipinski definition) is 2. The third-order valence-corrected chi connectivity index (χ3v) is 2.46. The van der Waals surface area contributed by atoms with Gasteiger partial charge in [-0.1, -0.05) is 0 Å². The lowest BCUT2D eigenvalue weighted by Gasteiger charge is -2.04. The number of Topliss-reactive ketones (excluding diaryl/α,β-unsaturated/α-hetero) is 1. The average Bonchev–Trinajstić information content (AvgIpc) is 2.35. The summed E-state index contributed by atoms with van der Waals surface area (Å²) in [6.45, 7) is 1.06. The molecule has 2 nitrogen and oxygen atoms in total. The van der Waals surface area contributed by atoms with E-state index in [0.29, 0.717) is 17.7 Å². The zero-order valence-corrected chi connectivity index (χ0v) is 5.39. The number of rotatable bonds is 0. The fourth-order valence-corrected chi connectivity index (χ4v) is 1.94. The van der Waals surface area contributed by atoms with Gasteiger partial charge in [-0.25, -0.2) is 0 Å². The second-order valence-corrected chi connectivity index (χ2v) is 2.96. The first-order valence-corrected chi connectivity index (χ1v) is 3.64. The molecule has 2 unspecified atom stereocenters. The van der Waals surface area contributed by atoms with Crippen molar-refractivity contribution in [3.05, 3.63) is 0 Å². The molecular formula is C7H11NO. The third kappa shape index (κ3) is 0.697. The van der Waals surface area contributed by atoms with E-state index in [2.05, 4.69) is 5.32 Å². The first-order chi connectivity index (χ1) is 4.38. The lowest BCUT2D eigenvalue weighted by Crippen LogP contribution is -2.23. The minimum Gasteiger partial charge on any atom is -0.313 e. The number of nitrogens with one attached hydrogen (secondary N) is 1. The summed E-state index contributed by atoms with van der Waals surface area (Å²) in [4.78, 5) is 11.0. The van der Waals surface area contributed by atoms with E-state index in [1.54, 1.807) is 0 Å². The maximum atomic E-state index is 11.0. The van der Waals surface area contributed by atoms with Gasteiger partial charge in [0.25, 0.3) is 0 Å². The molecule has 9 heavy (non-hydrogen) atoms. The van der Waals surface area contributed by atoms with Crippen molar-refractivity contribution in [2.24, 2.45) is 5.92 Å². The zero-order valence-electron chi connectivity index (χ0n) is 5.39. The number of fused-ring (bicyclic) bond motifs is 1. The standard InChI is InChI=1S/C7H11NO/c9-7-2-1-6-5(7)3-4-8-6/h5-6,8H,1-4H2. The fourth-order valence-electron chi connectivity index (χ4n) is 1.94. The fraction of sp³-hybridized carbons (Fsp3) is 0.857. The molecule has 0 aromatic rings. The summed E-state index contributed by atoms with van der Waals surface area (Å²) in [5.74, 6) is 0.884. The van der Waals surface area contributed by atoms with Crippen LogP contribution in [0.4, 0.5) is 0 Å². The molecule has 2 heteroatoms. The van der Waals surface area contributed by atoms with E-state index in [1.165, 1.54) is 0 Å². The molecule has 0 spiro atoms. The average molecular weight is 125 g/mol. The Kier molecular flexibility index (Phi) is 1.09. The minimum absolute atomic E-state index is 0.394. The van der Waals surface area contributed by atoms with Crippen molar-refractivity contribution in [3.8, 4) is 0 Å². The van der Waals surface area contributed by atoms with Crippen LogP contribution in [-0.2, 0) is 4.79 Å². The molecule has 50 valence electrons. The quantitative estimate of drug-likeness (QED) is 0.505. The smallest absolute Gasteiger partial charge is 0.137 e. The molecule has 1 saturated carbocycles. The summed E-state index contributed by atoms with van der Waals surface area (Å²) in [5, 5.41) is 3.33. The van der Waals surface area contributed by atoms with Crippen LogP contribution in [0.2, 0.25) is 0 Å². The second kappa shape index (κ2) is 1.81. The summed E-state index contributed by atoms with van der Waals surface area (Å²) in [7, 11) is 0. The van der Waals surface area contributed by atoms with E-state index in [-0.39, 0.29) is 0 Å². The van der Waals surface area contributed by atoms with Gasteiger partial charge >= 0.3 is 0 Å². The zero-order chi connectivity index (χ0) is 6.27. The lowest BCUT2D eigenvalue weighted by molar-refractivity contribution is -0.120. The van der Waals surface area contributed by atoms with Gasteiger partial charge in [0.15, 0.2) is 0 Å². The molecular weight excluding hydrogens is 114 g/mol. The molecule has 1 saturated heterocycles. The molecule has 0 aromatic carbocycles. The molecule has 0 bridgehead atoms. The Labute approximate surface area is 54.6 Å². The van der Waals surface area contributed by atoms with Gasteiger partial charge in [-0.3, -0.25) is 4.79 Å². The van der Waals surface area contributed by atoms with Crippen molar-refractivity contribution in [2.75, 3.05) is 6.54 Å². The molecule has 2 fully saturated rings. The van der Waals surface area contributed by atoms with Gasteiger partial charge in [0.1, 0.15) is 5.78 Å². The SMILES string of the molecule is O=C1CCC2NCCC12. The topological polar surface area (TPSA) is 29.1 Å². The summed E-state index contributed by atoms with van der Waals surface area (Å²) in [6, 6.07) is 0.553. The predicted molar refractivity (Wildman–Crippen MR) is 34.1 cm³/mol. The van der Waals surface area contributed by atoms with Gasteiger partial charge in [-0.2, -0.15) is 0 Å². The van der Waals surface area contributed by atoms with Crippen LogP contribution in [0.5, 0.6) is 0 Å². The second-order valence-electron chi connectivity index (χ2n) is 2.96. The Bertz CT molecular complexity index is 144. The molecule has 0 radical (unpaired) electrons. The van der Waals surface area contributed by atoms with Crippen LogP contribution in [0.1, 0.15) is 19.3 Å². The van der Waals surface area contributed by atoms with Crippen molar-refractivity contribution in [3.63, 3.8) is 0 Å². The van der Waals surface area contributed by atoms with Gasteiger partial charge in [0.2, 0.25) is 0 Å². The molecule has 1 heterocycles. The van der Waals surface area contributed by atoms with Gasteiger partial charge in [0.05, 0.1) is 0 Å². The van der Waals surface area contributed by atoms with Gasteiger partial charge in [0, 0.05) is 18.4 Å². The normalized spacial score (nSPS) is 41.6. The molecule has 1 N–H and O–H groups in total. The van der Waals surface area contributed by atoms with E-state index in [4.69, 9.17) is 0 Å². The van der Waals surface area contributed by atoms with Gasteiger partial charge < -0.3 is 5.32 Å². The van der Waals surface area contributed by atoms with Crippen LogP contribution in [0.25, 0.3) is 0 Å². The first kappa shape index (κ1) is 5.42. The van der Waals surface area contributed by atoms with Crippen LogP contribution in [-0.4, -0.2) is 18.4 Å². The molecule has 1 aliphatic carbocycles. The number of carbonyl (C=O) groups excluding carboxylic acids is 1. The third-order valence-electron chi connectivity index (χ3n) is 2.46. The summed E-state index contributed by atoms with van der Waals surface area (Å²) >= 11 is 0. The first-order valence-electron chi connectivity index (χ1n) is 3.64. The number of carbonyl (C=O) groups is 1. The summed E-state index contributed by atoms with van der Waals surface area (Å²) < 4.78 is 0. The molecule has 1 aliphatic heterocycles. The monoisotopic (exact) mass is 125 g/mol. The van der Waals surface area contributed by atoms with Crippen molar-refractivity contribution in [1.29, 1.82) is 0 Å². The highest BCUT2D eigenvalue weighted by Gasteiger charge is 2.37. The van der Waals surface area contributed by atoms with E-state index >= 15 is 0 Å². The van der Waals surface area contributed by atoms with Crippen LogP contribution in [0.3, 0.4) is 0 Å². The van der Waals surface area contributed by atoms with Crippen molar-refractivity contribution in [1.82, 2.24) is 5.32 Å². The predicted octanol–water partition coefficient (Wildman–Crippen LogP) is 0.327. The maximum absolute atomic E-state index is 11.0. The highest BCUT2D eigenvalue weighted by molar-refractivity contribution is 5.84. The highest BCUT2D eigenvalue weighted by Crippen LogP contribution is 2.28. The van der Waals surface area contributed by atoms with Crippen LogP contribution in [0, 0.1) is 5.92 Å². The van der Waals surface area contributed by atoms with E-state index in [1.807, 2.05) is 0 Å². The molecule has 2 atom stereocenters. The molecule has 0 amide bonds. The largest absolute Gasteiger partial charge is 0.313 e. The highest BCUT2D eigenvalue weighted by atomic mass is 16.1. The lowest BCUT2D eigenvalue weighted by atomic mass is 10.0. The number of ketones is 1. The number of hydrogen-bond donors (Lipinski definition) is 1. The Morgan fingerprint density at radius 2 is 2.33 bits per heavy atom. The van der Waals surface area contributed by atoms with E-state index in [0.717, 1.165) is 25.8 Å². The maximum Gasteiger partial charge on any atom is 0.137 e. The Morgan fingerprint density at radius 1 is 1.44 bits per heavy atom. The minimum atomic E-state index is 0.394. The van der Waals surface area contributed by atoms with Crippen LogP contribution < -0.4 is 5.32 Å². The summed E-state index contributed by atoms with van der Waals surface area (Å²) in [6.07, 6.45) is 3.00. The van der Waals surface area contributed by atoms with Crippen molar-refractivity contribution >= 4 is 5.78 Å². The van der Waals surface area contributed by atoms with Gasteiger partial charge in [-0.05, 0) is 19.4 Å². The van der Waals surface area contributed by atoms with Crippen molar-refractivity contribution < 1.29 is 4.79 Å². The molecule has 2 aliphatic rings. The van der Waals surface area contributed by atoms with Gasteiger partial charge in [-0.15, -0.1) is 0 Å². The van der Waals surface area contributed by atoms with Crippen LogP contribution >= 0.6 is 0 Å².